The van der Waals surface area contributed by atoms with Crippen molar-refractivity contribution in [1.29, 1.82) is 0 Å². The van der Waals surface area contributed by atoms with Gasteiger partial charge in [-0.25, -0.2) is 8.42 Å². The van der Waals surface area contributed by atoms with Crippen molar-refractivity contribution in [1.82, 2.24) is 5.32 Å². The van der Waals surface area contributed by atoms with Gasteiger partial charge in [-0.15, -0.1) is 0 Å². The van der Waals surface area contributed by atoms with Crippen LogP contribution in [-0.4, -0.2) is 33.8 Å². The Bertz CT molecular complexity index is 542. The first kappa shape index (κ1) is 14.4. The molecule has 5 nitrogen and oxygen atoms in total. The van der Waals surface area contributed by atoms with E-state index in [4.69, 9.17) is 11.6 Å². The lowest BCUT2D eigenvalue weighted by molar-refractivity contribution is 0.479. The monoisotopic (exact) mass is 303 g/mol. The maximum absolute atomic E-state index is 11.2. The van der Waals surface area contributed by atoms with Gasteiger partial charge >= 0.3 is 0 Å². The van der Waals surface area contributed by atoms with E-state index in [9.17, 15) is 8.42 Å². The van der Waals surface area contributed by atoms with E-state index in [-0.39, 0.29) is 0 Å². The standard InChI is InChI=1S/C12H18ClN3O2S/c1-19(17,18)16-12-3-2-10(8-11(12)13)15-9-4-6-14-7-5-9/h2-3,8-9,14-16H,4-7H2,1H3. The summed E-state index contributed by atoms with van der Waals surface area (Å²) in [4.78, 5) is 0. The van der Waals surface area contributed by atoms with Crippen molar-refractivity contribution in [3.8, 4) is 0 Å². The van der Waals surface area contributed by atoms with E-state index in [0.717, 1.165) is 37.9 Å². The SMILES string of the molecule is CS(=O)(=O)Nc1ccc(NC2CCNCC2)cc1Cl. The third-order valence-electron chi connectivity index (χ3n) is 2.97. The van der Waals surface area contributed by atoms with Crippen molar-refractivity contribution in [2.75, 3.05) is 29.4 Å². The van der Waals surface area contributed by atoms with Crippen LogP contribution < -0.4 is 15.4 Å². The lowest BCUT2D eigenvalue weighted by Crippen LogP contribution is -2.35. The van der Waals surface area contributed by atoms with E-state index in [1.54, 1.807) is 12.1 Å². The number of piperidine rings is 1. The highest BCUT2D eigenvalue weighted by Gasteiger charge is 2.13. The summed E-state index contributed by atoms with van der Waals surface area (Å²) in [6.07, 6.45) is 3.24. The van der Waals surface area contributed by atoms with Crippen LogP contribution in [-0.2, 0) is 10.0 Å². The van der Waals surface area contributed by atoms with Gasteiger partial charge in [-0.1, -0.05) is 11.6 Å². The molecule has 3 N–H and O–H groups in total. The van der Waals surface area contributed by atoms with E-state index in [1.807, 2.05) is 6.07 Å². The van der Waals surface area contributed by atoms with Crippen LogP contribution in [0.15, 0.2) is 18.2 Å². The van der Waals surface area contributed by atoms with Gasteiger partial charge in [-0.2, -0.15) is 0 Å². The van der Waals surface area contributed by atoms with Gasteiger partial charge in [0.2, 0.25) is 10.0 Å². The van der Waals surface area contributed by atoms with Gasteiger partial charge in [0.25, 0.3) is 0 Å². The maximum Gasteiger partial charge on any atom is 0.229 e. The molecule has 0 spiro atoms. The third kappa shape index (κ3) is 4.56. The molecule has 0 bridgehead atoms. The van der Waals surface area contributed by atoms with Gasteiger partial charge in [0, 0.05) is 11.7 Å². The predicted molar refractivity (Wildman–Crippen MR) is 79.4 cm³/mol. The van der Waals surface area contributed by atoms with E-state index < -0.39 is 10.0 Å². The normalized spacial score (nSPS) is 17.2. The minimum Gasteiger partial charge on any atom is -0.382 e. The number of nitrogens with one attached hydrogen (secondary N) is 3. The molecule has 0 saturated carbocycles. The molecular weight excluding hydrogens is 286 g/mol. The molecule has 7 heteroatoms. The summed E-state index contributed by atoms with van der Waals surface area (Å²) in [6, 6.07) is 5.69. The minimum atomic E-state index is -3.30. The number of rotatable bonds is 4. The van der Waals surface area contributed by atoms with Crippen LogP contribution in [0, 0.1) is 0 Å². The zero-order valence-corrected chi connectivity index (χ0v) is 12.3. The molecule has 1 aliphatic heterocycles. The van der Waals surface area contributed by atoms with E-state index in [0.29, 0.717) is 16.8 Å². The molecule has 0 amide bonds. The molecule has 106 valence electrons. The highest BCUT2D eigenvalue weighted by atomic mass is 35.5. The molecule has 2 rings (SSSR count). The number of sulfonamides is 1. The number of benzene rings is 1. The second kappa shape index (κ2) is 5.98. The molecule has 1 heterocycles. The smallest absolute Gasteiger partial charge is 0.229 e. The van der Waals surface area contributed by atoms with Crippen molar-refractivity contribution in [2.45, 2.75) is 18.9 Å². The number of hydrogen-bond acceptors (Lipinski definition) is 4. The Labute approximate surface area is 118 Å². The van der Waals surface area contributed by atoms with Crippen molar-refractivity contribution >= 4 is 33.0 Å². The highest BCUT2D eigenvalue weighted by molar-refractivity contribution is 7.92. The topological polar surface area (TPSA) is 70.2 Å². The first-order valence-corrected chi connectivity index (χ1v) is 8.45. The second-order valence-electron chi connectivity index (χ2n) is 4.74. The van der Waals surface area contributed by atoms with Crippen LogP contribution in [0.1, 0.15) is 12.8 Å². The molecule has 19 heavy (non-hydrogen) atoms. The fourth-order valence-electron chi connectivity index (χ4n) is 2.09. The maximum atomic E-state index is 11.2. The van der Waals surface area contributed by atoms with Gasteiger partial charge in [-0.3, -0.25) is 4.72 Å². The van der Waals surface area contributed by atoms with Crippen LogP contribution in [0.4, 0.5) is 11.4 Å². The highest BCUT2D eigenvalue weighted by Crippen LogP contribution is 2.27. The third-order valence-corrected chi connectivity index (χ3v) is 3.88. The fraction of sp³-hybridized carbons (Fsp3) is 0.500. The van der Waals surface area contributed by atoms with Crippen molar-refractivity contribution < 1.29 is 8.42 Å². The average Bonchev–Trinajstić information content (AvgIpc) is 2.33. The Hall–Kier alpha value is -0.980. The van der Waals surface area contributed by atoms with Crippen LogP contribution in [0.5, 0.6) is 0 Å². The summed E-state index contributed by atoms with van der Waals surface area (Å²) in [5, 5.41) is 7.11. The van der Waals surface area contributed by atoms with Crippen LogP contribution >= 0.6 is 11.6 Å². The van der Waals surface area contributed by atoms with Gasteiger partial charge in [0.15, 0.2) is 0 Å². The van der Waals surface area contributed by atoms with Gasteiger partial charge in [-0.05, 0) is 44.1 Å². The summed E-state index contributed by atoms with van der Waals surface area (Å²) < 4.78 is 24.7. The van der Waals surface area contributed by atoms with Gasteiger partial charge < -0.3 is 10.6 Å². The quantitative estimate of drug-likeness (QED) is 0.794. The summed E-state index contributed by atoms with van der Waals surface area (Å²) in [5.74, 6) is 0. The van der Waals surface area contributed by atoms with Crippen LogP contribution in [0.25, 0.3) is 0 Å². The first-order valence-electron chi connectivity index (χ1n) is 6.19. The summed E-state index contributed by atoms with van der Waals surface area (Å²) in [6.45, 7) is 2.03. The number of hydrogen-bond donors (Lipinski definition) is 3. The summed E-state index contributed by atoms with van der Waals surface area (Å²) in [5.41, 5.74) is 1.32. The first-order chi connectivity index (χ1) is 8.94. The minimum absolute atomic E-state index is 0.393. The molecule has 0 atom stereocenters. The summed E-state index contributed by atoms with van der Waals surface area (Å²) in [7, 11) is -3.30. The van der Waals surface area contributed by atoms with Crippen LogP contribution in [0.2, 0.25) is 5.02 Å². The van der Waals surface area contributed by atoms with Crippen molar-refractivity contribution in [3.63, 3.8) is 0 Å². The molecule has 1 aromatic rings. The molecular formula is C12H18ClN3O2S. The molecule has 1 aliphatic rings. The molecule has 0 aromatic heterocycles. The molecule has 1 fully saturated rings. The summed E-state index contributed by atoms with van der Waals surface area (Å²) >= 11 is 6.07. The largest absolute Gasteiger partial charge is 0.382 e. The molecule has 1 aromatic carbocycles. The Balaban J connectivity index is 2.05. The molecule has 0 aliphatic carbocycles. The number of halogens is 1. The average molecular weight is 304 g/mol. The van der Waals surface area contributed by atoms with Crippen molar-refractivity contribution in [3.05, 3.63) is 23.2 Å². The number of anilines is 2. The van der Waals surface area contributed by atoms with Crippen molar-refractivity contribution in [2.24, 2.45) is 0 Å². The van der Waals surface area contributed by atoms with E-state index in [2.05, 4.69) is 15.4 Å². The zero-order valence-electron chi connectivity index (χ0n) is 10.7. The van der Waals surface area contributed by atoms with E-state index in [1.165, 1.54) is 0 Å². The fourth-order valence-corrected chi connectivity index (χ4v) is 2.95. The molecule has 1 saturated heterocycles. The Morgan fingerprint density at radius 3 is 2.58 bits per heavy atom. The predicted octanol–water partition coefficient (Wildman–Crippen LogP) is 1.88. The lowest BCUT2D eigenvalue weighted by atomic mass is 10.1. The Kier molecular flexibility index (Phi) is 4.54. The zero-order chi connectivity index (χ0) is 13.9. The Morgan fingerprint density at radius 1 is 1.32 bits per heavy atom. The molecule has 0 radical (unpaired) electrons. The van der Waals surface area contributed by atoms with Gasteiger partial charge in [0.1, 0.15) is 0 Å². The molecule has 0 unspecified atom stereocenters. The van der Waals surface area contributed by atoms with Gasteiger partial charge in [0.05, 0.1) is 17.0 Å². The second-order valence-corrected chi connectivity index (χ2v) is 6.89. The lowest BCUT2D eigenvalue weighted by Gasteiger charge is -2.25. The van der Waals surface area contributed by atoms with E-state index >= 15 is 0 Å². The van der Waals surface area contributed by atoms with Crippen LogP contribution in [0.3, 0.4) is 0 Å². The Morgan fingerprint density at radius 2 is 2.00 bits per heavy atom.